The van der Waals surface area contributed by atoms with E-state index in [0.717, 1.165) is 12.8 Å². The van der Waals surface area contributed by atoms with Crippen molar-refractivity contribution in [3.05, 3.63) is 28.6 Å². The number of fused-ring (bicyclic) bond motifs is 1. The Morgan fingerprint density at radius 1 is 1.18 bits per heavy atom. The van der Waals surface area contributed by atoms with Gasteiger partial charge in [0.1, 0.15) is 0 Å². The van der Waals surface area contributed by atoms with Crippen LogP contribution < -0.4 is 0 Å². The van der Waals surface area contributed by atoms with Crippen LogP contribution in [-0.2, 0) is 6.42 Å². The van der Waals surface area contributed by atoms with Crippen molar-refractivity contribution in [1.29, 1.82) is 0 Å². The smallest absolute Gasteiger partial charge is 0.0815 e. The van der Waals surface area contributed by atoms with Crippen molar-refractivity contribution in [3.8, 4) is 0 Å². The highest BCUT2D eigenvalue weighted by Crippen LogP contribution is 2.45. The fourth-order valence-electron chi connectivity index (χ4n) is 4.37. The maximum atomic E-state index is 10.8. The van der Waals surface area contributed by atoms with Crippen LogP contribution in [0, 0.1) is 5.41 Å². The zero-order valence-corrected chi connectivity index (χ0v) is 14.7. The topological polar surface area (TPSA) is 33.1 Å². The van der Waals surface area contributed by atoms with Gasteiger partial charge in [-0.1, -0.05) is 47.0 Å². The second kappa shape index (κ2) is 5.96. The molecule has 0 amide bonds. The molecule has 1 aromatic rings. The van der Waals surface area contributed by atoms with Gasteiger partial charge in [0.2, 0.25) is 0 Å². The number of aromatic nitrogens is 1. The molecular weight excluding hydrogens is 270 g/mol. The first-order valence-corrected chi connectivity index (χ1v) is 9.09. The van der Waals surface area contributed by atoms with E-state index in [4.69, 9.17) is 4.98 Å². The first-order valence-electron chi connectivity index (χ1n) is 9.09. The van der Waals surface area contributed by atoms with Crippen molar-refractivity contribution in [2.45, 2.75) is 90.6 Å². The molecule has 1 fully saturated rings. The van der Waals surface area contributed by atoms with Gasteiger partial charge in [-0.3, -0.25) is 4.98 Å². The van der Waals surface area contributed by atoms with Crippen LogP contribution >= 0.6 is 0 Å². The lowest BCUT2D eigenvalue weighted by atomic mass is 9.71. The first-order chi connectivity index (χ1) is 10.4. The molecule has 1 aromatic heterocycles. The van der Waals surface area contributed by atoms with Gasteiger partial charge in [0.15, 0.2) is 0 Å². The zero-order chi connectivity index (χ0) is 15.9. The van der Waals surface area contributed by atoms with E-state index in [9.17, 15) is 5.11 Å². The van der Waals surface area contributed by atoms with E-state index in [2.05, 4.69) is 33.8 Å². The van der Waals surface area contributed by atoms with E-state index < -0.39 is 0 Å². The van der Waals surface area contributed by atoms with Gasteiger partial charge in [0.25, 0.3) is 0 Å². The second-order valence-electron chi connectivity index (χ2n) is 8.55. The minimum absolute atomic E-state index is 0.152. The molecule has 22 heavy (non-hydrogen) atoms. The summed E-state index contributed by atoms with van der Waals surface area (Å²) in [5.74, 6) is 1.09. The standard InChI is InChI=1S/C20H31NO/c1-13(2)16-10-15(14-8-6-5-7-9-14)19-17(21-16)11-20(3,4)12-18(19)22/h10,13-14,18,22H,5-9,11-12H2,1-4H3. The molecule has 0 radical (unpaired) electrons. The Morgan fingerprint density at radius 2 is 1.86 bits per heavy atom. The summed E-state index contributed by atoms with van der Waals surface area (Å²) in [6.45, 7) is 8.96. The van der Waals surface area contributed by atoms with Crippen molar-refractivity contribution >= 4 is 0 Å². The average Bonchev–Trinajstić information content (AvgIpc) is 2.45. The van der Waals surface area contributed by atoms with Gasteiger partial charge in [-0.2, -0.15) is 0 Å². The molecule has 1 saturated carbocycles. The molecule has 122 valence electrons. The Bertz CT molecular complexity index is 541. The summed E-state index contributed by atoms with van der Waals surface area (Å²) >= 11 is 0. The van der Waals surface area contributed by atoms with Crippen LogP contribution in [-0.4, -0.2) is 10.1 Å². The second-order valence-corrected chi connectivity index (χ2v) is 8.55. The van der Waals surface area contributed by atoms with Gasteiger partial charge < -0.3 is 5.11 Å². The largest absolute Gasteiger partial charge is 0.388 e. The quantitative estimate of drug-likeness (QED) is 0.808. The lowest BCUT2D eigenvalue weighted by molar-refractivity contribution is 0.0964. The van der Waals surface area contributed by atoms with E-state index in [1.165, 1.54) is 54.6 Å². The summed E-state index contributed by atoms with van der Waals surface area (Å²) in [7, 11) is 0. The van der Waals surface area contributed by atoms with E-state index in [-0.39, 0.29) is 11.5 Å². The minimum Gasteiger partial charge on any atom is -0.388 e. The molecule has 2 aliphatic rings. The number of rotatable bonds is 2. The molecule has 1 N–H and O–H groups in total. The van der Waals surface area contributed by atoms with Crippen LogP contribution in [0.3, 0.4) is 0 Å². The molecule has 1 atom stereocenters. The Hall–Kier alpha value is -0.890. The summed E-state index contributed by atoms with van der Waals surface area (Å²) in [6, 6.07) is 2.32. The van der Waals surface area contributed by atoms with Gasteiger partial charge in [-0.15, -0.1) is 0 Å². The number of aliphatic hydroxyl groups is 1. The predicted octanol–water partition coefficient (Wildman–Crippen LogP) is 5.26. The van der Waals surface area contributed by atoms with Gasteiger partial charge in [0, 0.05) is 17.0 Å². The van der Waals surface area contributed by atoms with Gasteiger partial charge >= 0.3 is 0 Å². The molecule has 3 rings (SSSR count). The third-order valence-electron chi connectivity index (χ3n) is 5.55. The summed E-state index contributed by atoms with van der Waals surface area (Å²) in [4.78, 5) is 4.95. The van der Waals surface area contributed by atoms with Crippen LogP contribution in [0.15, 0.2) is 6.07 Å². The fourth-order valence-corrected chi connectivity index (χ4v) is 4.37. The monoisotopic (exact) mass is 301 g/mol. The van der Waals surface area contributed by atoms with E-state index >= 15 is 0 Å². The van der Waals surface area contributed by atoms with E-state index in [1.54, 1.807) is 0 Å². The number of pyridine rings is 1. The molecule has 0 spiro atoms. The van der Waals surface area contributed by atoms with Crippen LogP contribution in [0.4, 0.5) is 0 Å². The summed E-state index contributed by atoms with van der Waals surface area (Å²) in [5.41, 5.74) is 5.16. The minimum atomic E-state index is -0.329. The summed E-state index contributed by atoms with van der Waals surface area (Å²) < 4.78 is 0. The van der Waals surface area contributed by atoms with Crippen LogP contribution in [0.2, 0.25) is 0 Å². The molecule has 0 aromatic carbocycles. The molecule has 2 heteroatoms. The number of hydrogen-bond acceptors (Lipinski definition) is 2. The molecule has 0 bridgehead atoms. The third-order valence-corrected chi connectivity index (χ3v) is 5.55. The van der Waals surface area contributed by atoms with Crippen LogP contribution in [0.5, 0.6) is 0 Å². The van der Waals surface area contributed by atoms with Crippen molar-refractivity contribution in [2.24, 2.45) is 5.41 Å². The first kappa shape index (κ1) is 16.0. The van der Waals surface area contributed by atoms with Crippen LogP contribution in [0.1, 0.15) is 107 Å². The SMILES string of the molecule is CC(C)c1cc(C2CCCCC2)c2c(n1)CC(C)(C)CC2O. The Morgan fingerprint density at radius 3 is 2.50 bits per heavy atom. The van der Waals surface area contributed by atoms with Gasteiger partial charge in [-0.05, 0) is 54.6 Å². The maximum Gasteiger partial charge on any atom is 0.0815 e. The van der Waals surface area contributed by atoms with Crippen molar-refractivity contribution in [1.82, 2.24) is 4.98 Å². The van der Waals surface area contributed by atoms with Crippen molar-refractivity contribution < 1.29 is 5.11 Å². The Kier molecular flexibility index (Phi) is 4.33. The molecule has 1 heterocycles. The summed E-state index contributed by atoms with van der Waals surface area (Å²) in [5, 5.41) is 10.8. The third kappa shape index (κ3) is 3.08. The van der Waals surface area contributed by atoms with Crippen molar-refractivity contribution in [3.63, 3.8) is 0 Å². The fraction of sp³-hybridized carbons (Fsp3) is 0.750. The Labute approximate surface area is 135 Å². The maximum absolute atomic E-state index is 10.8. The molecule has 1 unspecified atom stereocenters. The molecular formula is C20H31NO. The lowest BCUT2D eigenvalue weighted by Gasteiger charge is -2.37. The number of nitrogens with zero attached hydrogens (tertiary/aromatic N) is 1. The Balaban J connectivity index is 2.09. The van der Waals surface area contributed by atoms with Gasteiger partial charge in [-0.25, -0.2) is 0 Å². The normalized spacial score (nSPS) is 25.3. The van der Waals surface area contributed by atoms with Gasteiger partial charge in [0.05, 0.1) is 6.10 Å². The van der Waals surface area contributed by atoms with E-state index in [0.29, 0.717) is 11.8 Å². The molecule has 0 saturated heterocycles. The number of hydrogen-bond donors (Lipinski definition) is 1. The average molecular weight is 301 g/mol. The predicted molar refractivity (Wildman–Crippen MR) is 91.2 cm³/mol. The van der Waals surface area contributed by atoms with Crippen molar-refractivity contribution in [2.75, 3.05) is 0 Å². The molecule has 2 nitrogen and oxygen atoms in total. The zero-order valence-electron chi connectivity index (χ0n) is 14.7. The number of aliphatic hydroxyl groups excluding tert-OH is 1. The highest BCUT2D eigenvalue weighted by molar-refractivity contribution is 5.40. The van der Waals surface area contributed by atoms with E-state index in [1.807, 2.05) is 0 Å². The lowest BCUT2D eigenvalue weighted by Crippen LogP contribution is -2.29. The highest BCUT2D eigenvalue weighted by Gasteiger charge is 2.35. The van der Waals surface area contributed by atoms with Crippen LogP contribution in [0.25, 0.3) is 0 Å². The highest BCUT2D eigenvalue weighted by atomic mass is 16.3. The summed E-state index contributed by atoms with van der Waals surface area (Å²) in [6.07, 6.45) is 8.14. The molecule has 2 aliphatic carbocycles. The molecule has 0 aliphatic heterocycles.